The first kappa shape index (κ1) is 21.0. The van der Waals surface area contributed by atoms with Gasteiger partial charge in [-0.2, -0.15) is 4.98 Å². The lowest BCUT2D eigenvalue weighted by atomic mass is 9.96. The summed E-state index contributed by atoms with van der Waals surface area (Å²) in [5, 5.41) is 3.72. The number of piperidine rings is 1. The normalized spacial score (nSPS) is 17.1. The summed E-state index contributed by atoms with van der Waals surface area (Å²) in [6.07, 6.45) is 6.61. The second-order valence-corrected chi connectivity index (χ2v) is 9.58. The van der Waals surface area contributed by atoms with E-state index in [1.165, 1.54) is 18.4 Å². The van der Waals surface area contributed by atoms with Crippen molar-refractivity contribution in [1.82, 2.24) is 4.98 Å². The lowest BCUT2D eigenvalue weighted by Gasteiger charge is -2.30. The molecule has 5 rings (SSSR count). The van der Waals surface area contributed by atoms with Gasteiger partial charge < -0.3 is 19.4 Å². The first-order valence-corrected chi connectivity index (χ1v) is 12.1. The molecule has 1 aliphatic carbocycles. The number of nitrogens with zero attached hydrogens (tertiary/aromatic N) is 2. The van der Waals surface area contributed by atoms with Gasteiger partial charge in [-0.05, 0) is 56.2 Å². The highest BCUT2D eigenvalue weighted by molar-refractivity contribution is 7.17. The topological polar surface area (TPSA) is 84.7 Å². The Kier molecular flexibility index (Phi) is 5.87. The van der Waals surface area contributed by atoms with Crippen LogP contribution in [0.5, 0.6) is 0 Å². The Balaban J connectivity index is 1.27. The molecular formula is C24H27N3O4S. The van der Waals surface area contributed by atoms with Crippen molar-refractivity contribution in [2.75, 3.05) is 30.4 Å². The van der Waals surface area contributed by atoms with E-state index in [4.69, 9.17) is 9.15 Å². The Morgan fingerprint density at radius 2 is 1.94 bits per heavy atom. The number of amides is 1. The number of thiophene rings is 1. The maximum Gasteiger partial charge on any atom is 0.341 e. The molecule has 0 radical (unpaired) electrons. The number of esters is 1. The lowest BCUT2D eigenvalue weighted by molar-refractivity contribution is -0.120. The molecule has 2 aromatic heterocycles. The van der Waals surface area contributed by atoms with E-state index < -0.39 is 0 Å². The number of methoxy groups -OCH3 is 1. The van der Waals surface area contributed by atoms with Crippen LogP contribution in [0.4, 0.5) is 11.0 Å². The molecule has 168 valence electrons. The lowest BCUT2D eigenvalue weighted by Crippen LogP contribution is -2.38. The molecule has 0 bridgehead atoms. The molecule has 8 heteroatoms. The monoisotopic (exact) mass is 453 g/mol. The molecule has 3 heterocycles. The van der Waals surface area contributed by atoms with Crippen LogP contribution in [-0.4, -0.2) is 37.1 Å². The fourth-order valence-electron chi connectivity index (χ4n) is 4.69. The van der Waals surface area contributed by atoms with Crippen molar-refractivity contribution in [3.63, 3.8) is 0 Å². The molecule has 0 unspecified atom stereocenters. The minimum absolute atomic E-state index is 0.0243. The summed E-state index contributed by atoms with van der Waals surface area (Å²) < 4.78 is 10.9. The van der Waals surface area contributed by atoms with Crippen LogP contribution < -0.4 is 10.2 Å². The van der Waals surface area contributed by atoms with Crippen LogP contribution in [0.1, 0.15) is 52.9 Å². The Morgan fingerprint density at radius 3 is 2.72 bits per heavy atom. The fourth-order valence-corrected chi connectivity index (χ4v) is 5.97. The molecule has 1 amide bonds. The molecule has 1 fully saturated rings. The Labute approximate surface area is 190 Å². The Morgan fingerprint density at radius 1 is 1.16 bits per heavy atom. The van der Waals surface area contributed by atoms with Crippen LogP contribution in [0.25, 0.3) is 11.1 Å². The fraction of sp³-hybridized carbons (Fsp3) is 0.458. The predicted octanol–water partition coefficient (Wildman–Crippen LogP) is 4.80. The van der Waals surface area contributed by atoms with Gasteiger partial charge in [0, 0.05) is 23.9 Å². The van der Waals surface area contributed by atoms with Crippen LogP contribution in [0.15, 0.2) is 28.7 Å². The second kappa shape index (κ2) is 8.94. The van der Waals surface area contributed by atoms with Crippen molar-refractivity contribution in [2.45, 2.75) is 44.9 Å². The minimum atomic E-state index is -0.356. The number of nitrogens with one attached hydrogen (secondary N) is 1. The molecule has 32 heavy (non-hydrogen) atoms. The average Bonchev–Trinajstić information content (AvgIpc) is 3.32. The zero-order chi connectivity index (χ0) is 22.1. The van der Waals surface area contributed by atoms with E-state index in [0.717, 1.165) is 42.3 Å². The van der Waals surface area contributed by atoms with Crippen molar-refractivity contribution < 1.29 is 18.7 Å². The van der Waals surface area contributed by atoms with E-state index in [1.54, 1.807) is 11.3 Å². The summed E-state index contributed by atoms with van der Waals surface area (Å²) in [4.78, 5) is 33.5. The van der Waals surface area contributed by atoms with Crippen LogP contribution >= 0.6 is 11.3 Å². The molecular weight excluding hydrogens is 426 g/mol. The average molecular weight is 454 g/mol. The number of anilines is 2. The summed E-state index contributed by atoms with van der Waals surface area (Å²) in [5.41, 5.74) is 3.25. The summed E-state index contributed by atoms with van der Waals surface area (Å²) in [6, 6.07) is 8.33. The van der Waals surface area contributed by atoms with Crippen molar-refractivity contribution in [3.05, 3.63) is 40.3 Å². The molecule has 3 aromatic rings. The number of carbonyl (C=O) groups is 2. The van der Waals surface area contributed by atoms with E-state index in [9.17, 15) is 9.59 Å². The standard InChI is InChI=1S/C24H27N3O4S/c1-30-23(29)20-16-7-3-2-4-10-19(16)32-22(20)26-21(28)15-11-13-27(14-12-15)24-25-17-8-5-6-9-18(17)31-24/h5-6,8-9,15H,2-4,7,10-14H2,1H3,(H,26,28). The number of rotatable bonds is 4. The molecule has 1 aliphatic heterocycles. The number of carbonyl (C=O) groups excluding carboxylic acids is 2. The van der Waals surface area contributed by atoms with Crippen LogP contribution in [-0.2, 0) is 22.4 Å². The van der Waals surface area contributed by atoms with Gasteiger partial charge in [0.05, 0.1) is 12.7 Å². The molecule has 0 saturated carbocycles. The maximum atomic E-state index is 13.1. The summed E-state index contributed by atoms with van der Waals surface area (Å²) in [5.74, 6) is -0.489. The summed E-state index contributed by atoms with van der Waals surface area (Å²) >= 11 is 1.54. The highest BCUT2D eigenvalue weighted by Gasteiger charge is 2.30. The highest BCUT2D eigenvalue weighted by Crippen LogP contribution is 2.38. The SMILES string of the molecule is COC(=O)c1c(NC(=O)C2CCN(c3nc4ccccc4o3)CC2)sc2c1CCCCC2. The maximum absolute atomic E-state index is 13.1. The van der Waals surface area contributed by atoms with Gasteiger partial charge in [0.1, 0.15) is 10.5 Å². The number of oxazole rings is 1. The number of hydrogen-bond donors (Lipinski definition) is 1. The van der Waals surface area contributed by atoms with E-state index in [1.807, 2.05) is 24.3 Å². The van der Waals surface area contributed by atoms with E-state index >= 15 is 0 Å². The zero-order valence-electron chi connectivity index (χ0n) is 18.2. The van der Waals surface area contributed by atoms with Gasteiger partial charge in [0.15, 0.2) is 5.58 Å². The first-order chi connectivity index (χ1) is 15.6. The number of aromatic nitrogens is 1. The van der Waals surface area contributed by atoms with E-state index in [2.05, 4.69) is 15.2 Å². The number of fused-ring (bicyclic) bond motifs is 2. The predicted molar refractivity (Wildman–Crippen MR) is 124 cm³/mol. The third kappa shape index (κ3) is 3.99. The Hall–Kier alpha value is -2.87. The molecule has 0 spiro atoms. The number of hydrogen-bond acceptors (Lipinski definition) is 7. The van der Waals surface area contributed by atoms with Crippen molar-refractivity contribution in [2.24, 2.45) is 5.92 Å². The van der Waals surface area contributed by atoms with Gasteiger partial charge in [-0.15, -0.1) is 11.3 Å². The van der Waals surface area contributed by atoms with Crippen molar-refractivity contribution in [3.8, 4) is 0 Å². The molecule has 2 aliphatic rings. The zero-order valence-corrected chi connectivity index (χ0v) is 19.0. The van der Waals surface area contributed by atoms with Crippen LogP contribution in [0.3, 0.4) is 0 Å². The first-order valence-electron chi connectivity index (χ1n) is 11.3. The number of ether oxygens (including phenoxy) is 1. The summed E-state index contributed by atoms with van der Waals surface area (Å²) in [7, 11) is 1.40. The van der Waals surface area contributed by atoms with Gasteiger partial charge in [-0.3, -0.25) is 4.79 Å². The largest absolute Gasteiger partial charge is 0.465 e. The van der Waals surface area contributed by atoms with Gasteiger partial charge in [-0.1, -0.05) is 18.6 Å². The third-order valence-corrected chi connectivity index (χ3v) is 7.67. The molecule has 1 aromatic carbocycles. The van der Waals surface area contributed by atoms with Crippen molar-refractivity contribution >= 4 is 45.3 Å². The highest BCUT2D eigenvalue weighted by atomic mass is 32.1. The third-order valence-electron chi connectivity index (χ3n) is 6.47. The molecule has 7 nitrogen and oxygen atoms in total. The Bertz CT molecular complexity index is 1110. The summed E-state index contributed by atoms with van der Waals surface area (Å²) in [6.45, 7) is 1.41. The molecule has 0 atom stereocenters. The smallest absolute Gasteiger partial charge is 0.341 e. The van der Waals surface area contributed by atoms with Gasteiger partial charge >= 0.3 is 5.97 Å². The number of benzene rings is 1. The number of aryl methyl sites for hydroxylation is 1. The number of para-hydroxylation sites is 2. The van der Waals surface area contributed by atoms with Crippen molar-refractivity contribution in [1.29, 1.82) is 0 Å². The minimum Gasteiger partial charge on any atom is -0.465 e. The molecule has 1 N–H and O–H groups in total. The van der Waals surface area contributed by atoms with Gasteiger partial charge in [0.25, 0.3) is 6.01 Å². The van der Waals surface area contributed by atoms with Gasteiger partial charge in [0.2, 0.25) is 5.91 Å². The van der Waals surface area contributed by atoms with E-state index in [-0.39, 0.29) is 17.8 Å². The van der Waals surface area contributed by atoms with Crippen LogP contribution in [0.2, 0.25) is 0 Å². The van der Waals surface area contributed by atoms with E-state index in [0.29, 0.717) is 42.5 Å². The van der Waals surface area contributed by atoms with Gasteiger partial charge in [-0.25, -0.2) is 4.79 Å². The quantitative estimate of drug-likeness (QED) is 0.451. The second-order valence-electron chi connectivity index (χ2n) is 8.47. The molecule has 1 saturated heterocycles. The van der Waals surface area contributed by atoms with Crippen LogP contribution in [0, 0.1) is 5.92 Å².